The third-order valence-corrected chi connectivity index (χ3v) is 7.00. The number of rotatable bonds is 0. The van der Waals surface area contributed by atoms with Crippen molar-refractivity contribution in [3.05, 3.63) is 81.9 Å². The van der Waals surface area contributed by atoms with Crippen molar-refractivity contribution in [1.29, 1.82) is 0 Å². The van der Waals surface area contributed by atoms with Crippen LogP contribution >= 0.6 is 0 Å². The van der Waals surface area contributed by atoms with Gasteiger partial charge in [0.2, 0.25) is 0 Å². The Labute approximate surface area is 172 Å². The molecular weight excluding hydrogens is 368 g/mol. The highest BCUT2D eigenvalue weighted by Gasteiger charge is 2.42. The fourth-order valence-electron chi connectivity index (χ4n) is 4.13. The van der Waals surface area contributed by atoms with E-state index in [2.05, 4.69) is 111 Å². The van der Waals surface area contributed by atoms with Gasteiger partial charge in [0, 0.05) is 23.0 Å². The van der Waals surface area contributed by atoms with Crippen molar-refractivity contribution in [2.24, 2.45) is 0 Å². The van der Waals surface area contributed by atoms with Crippen LogP contribution in [0.3, 0.4) is 0 Å². The van der Waals surface area contributed by atoms with E-state index in [1.165, 1.54) is 33.4 Å². The summed E-state index contributed by atoms with van der Waals surface area (Å²) >= 11 is 0. The number of benzene rings is 2. The molecule has 0 heterocycles. The standard InChI is InChI=1S/C26H28Si2/c1-27(2,3)17-15-23-24(16-18-28(4,5)6)26-21-13-9-7-11-19(21)25(23)20-12-8-10-14-22(20)26/h7-14,25-26H,1-6H3. The quantitative estimate of drug-likeness (QED) is 0.360. The Kier molecular flexibility index (Phi) is 4.54. The van der Waals surface area contributed by atoms with Crippen LogP contribution in [-0.4, -0.2) is 16.1 Å². The van der Waals surface area contributed by atoms with Crippen molar-refractivity contribution in [1.82, 2.24) is 0 Å². The summed E-state index contributed by atoms with van der Waals surface area (Å²) in [7, 11) is -2.95. The van der Waals surface area contributed by atoms with E-state index in [1.54, 1.807) is 0 Å². The SMILES string of the molecule is C[Si](C)(C)C#CC1=C(C#C[Si](C)(C)C)C2c3ccccc3C1c1ccccc12. The Morgan fingerprint density at radius 1 is 0.536 bits per heavy atom. The van der Waals surface area contributed by atoms with E-state index in [0.717, 1.165) is 0 Å². The first-order valence-corrected chi connectivity index (χ1v) is 17.1. The van der Waals surface area contributed by atoms with Crippen molar-refractivity contribution in [2.45, 2.75) is 51.1 Å². The molecule has 0 nitrogen and oxygen atoms in total. The number of hydrogen-bond acceptors (Lipinski definition) is 0. The van der Waals surface area contributed by atoms with Gasteiger partial charge in [0.1, 0.15) is 16.1 Å². The molecule has 2 bridgehead atoms. The highest BCUT2D eigenvalue weighted by Crippen LogP contribution is 2.55. The zero-order valence-corrected chi connectivity index (χ0v) is 19.8. The number of allylic oxidation sites excluding steroid dienone is 2. The molecule has 0 N–H and O–H groups in total. The van der Waals surface area contributed by atoms with E-state index in [1.807, 2.05) is 0 Å². The predicted octanol–water partition coefficient (Wildman–Crippen LogP) is 6.34. The molecule has 5 rings (SSSR count). The summed E-state index contributed by atoms with van der Waals surface area (Å²) in [4.78, 5) is 0. The average Bonchev–Trinajstić information content (AvgIpc) is 2.63. The van der Waals surface area contributed by atoms with Crippen molar-refractivity contribution >= 4 is 16.1 Å². The predicted molar refractivity (Wildman–Crippen MR) is 126 cm³/mol. The zero-order chi connectivity index (χ0) is 20.1. The van der Waals surface area contributed by atoms with Crippen LogP contribution in [0.5, 0.6) is 0 Å². The molecule has 3 aliphatic rings. The van der Waals surface area contributed by atoms with E-state index in [9.17, 15) is 0 Å². The van der Waals surface area contributed by atoms with Crippen molar-refractivity contribution in [3.8, 4) is 22.9 Å². The van der Waals surface area contributed by atoms with Gasteiger partial charge >= 0.3 is 0 Å². The first-order valence-electron chi connectivity index (χ1n) is 10.1. The molecule has 140 valence electrons. The van der Waals surface area contributed by atoms with Gasteiger partial charge in [0.15, 0.2) is 0 Å². The van der Waals surface area contributed by atoms with Crippen LogP contribution < -0.4 is 0 Å². The maximum absolute atomic E-state index is 3.67. The van der Waals surface area contributed by atoms with Gasteiger partial charge in [-0.05, 0) is 22.3 Å². The molecule has 2 heteroatoms. The Balaban J connectivity index is 2.03. The lowest BCUT2D eigenvalue weighted by molar-refractivity contribution is 0.767. The largest absolute Gasteiger partial charge is 0.129 e. The summed E-state index contributed by atoms with van der Waals surface area (Å²) in [5.74, 6) is 7.79. The lowest BCUT2D eigenvalue weighted by atomic mass is 9.61. The van der Waals surface area contributed by atoms with Gasteiger partial charge in [-0.2, -0.15) is 0 Å². The fraction of sp³-hybridized carbons (Fsp3) is 0.308. The summed E-state index contributed by atoms with van der Waals surface area (Å²) in [6, 6.07) is 17.8. The van der Waals surface area contributed by atoms with Crippen molar-refractivity contribution in [2.75, 3.05) is 0 Å². The van der Waals surface area contributed by atoms with Crippen LogP contribution in [0, 0.1) is 22.9 Å². The maximum Gasteiger partial charge on any atom is 0.129 e. The molecule has 0 radical (unpaired) electrons. The normalized spacial score (nSPS) is 19.8. The van der Waals surface area contributed by atoms with Gasteiger partial charge in [-0.25, -0.2) is 0 Å². The lowest BCUT2D eigenvalue weighted by Gasteiger charge is -2.41. The summed E-state index contributed by atoms with van der Waals surface area (Å²) in [6.45, 7) is 13.9. The first-order chi connectivity index (χ1) is 13.2. The minimum atomic E-state index is -1.48. The minimum Gasteiger partial charge on any atom is -0.127 e. The highest BCUT2D eigenvalue weighted by molar-refractivity contribution is 6.84. The van der Waals surface area contributed by atoms with Gasteiger partial charge in [-0.3, -0.25) is 0 Å². The molecule has 3 aliphatic carbocycles. The fourth-order valence-corrected chi connectivity index (χ4v) is 5.15. The third kappa shape index (κ3) is 3.44. The van der Waals surface area contributed by atoms with Gasteiger partial charge in [0.25, 0.3) is 0 Å². The maximum atomic E-state index is 3.67. The Hall–Kier alpha value is -2.27. The monoisotopic (exact) mass is 396 g/mol. The molecule has 0 fully saturated rings. The van der Waals surface area contributed by atoms with Gasteiger partial charge in [0.05, 0.1) is 0 Å². The molecule has 0 spiro atoms. The Morgan fingerprint density at radius 2 is 0.821 bits per heavy atom. The van der Waals surface area contributed by atoms with E-state index in [4.69, 9.17) is 0 Å². The van der Waals surface area contributed by atoms with E-state index >= 15 is 0 Å². The third-order valence-electron chi connectivity index (χ3n) is 5.25. The summed E-state index contributed by atoms with van der Waals surface area (Å²) in [5.41, 5.74) is 15.5. The number of hydrogen-bond donors (Lipinski definition) is 0. The molecule has 0 unspecified atom stereocenters. The molecule has 0 amide bonds. The molecule has 2 aromatic carbocycles. The van der Waals surface area contributed by atoms with Crippen LogP contribution in [-0.2, 0) is 0 Å². The van der Waals surface area contributed by atoms with Gasteiger partial charge in [-0.1, -0.05) is 99.7 Å². The summed E-state index contributed by atoms with van der Waals surface area (Å²) in [5, 5.41) is 0. The molecule has 0 aliphatic heterocycles. The van der Waals surface area contributed by atoms with E-state index < -0.39 is 16.1 Å². The topological polar surface area (TPSA) is 0 Å². The summed E-state index contributed by atoms with van der Waals surface area (Å²) < 4.78 is 0. The van der Waals surface area contributed by atoms with Gasteiger partial charge < -0.3 is 0 Å². The highest BCUT2D eigenvalue weighted by atomic mass is 28.3. The van der Waals surface area contributed by atoms with Crippen LogP contribution in [0.1, 0.15) is 34.1 Å². The second-order valence-electron chi connectivity index (χ2n) is 9.95. The lowest BCUT2D eigenvalue weighted by Crippen LogP contribution is -2.28. The molecule has 0 aromatic heterocycles. The second-order valence-corrected chi connectivity index (χ2v) is 19.5. The average molecular weight is 397 g/mol. The Morgan fingerprint density at radius 3 is 1.07 bits per heavy atom. The Bertz CT molecular complexity index is 964. The second kappa shape index (κ2) is 6.66. The van der Waals surface area contributed by atoms with Crippen LogP contribution in [0.15, 0.2) is 59.7 Å². The molecule has 28 heavy (non-hydrogen) atoms. The van der Waals surface area contributed by atoms with Crippen LogP contribution in [0.2, 0.25) is 39.3 Å². The molecule has 0 saturated carbocycles. The minimum absolute atomic E-state index is 0.229. The summed E-state index contributed by atoms with van der Waals surface area (Å²) in [6.07, 6.45) is 0. The van der Waals surface area contributed by atoms with E-state index in [0.29, 0.717) is 0 Å². The van der Waals surface area contributed by atoms with Crippen molar-refractivity contribution < 1.29 is 0 Å². The molecular formula is C26H28Si2. The van der Waals surface area contributed by atoms with Crippen LogP contribution in [0.4, 0.5) is 0 Å². The molecule has 0 saturated heterocycles. The molecule has 2 aromatic rings. The molecule has 0 atom stereocenters. The first kappa shape index (κ1) is 19.1. The van der Waals surface area contributed by atoms with Crippen LogP contribution in [0.25, 0.3) is 0 Å². The zero-order valence-electron chi connectivity index (χ0n) is 17.8. The van der Waals surface area contributed by atoms with Gasteiger partial charge in [-0.15, -0.1) is 11.1 Å². The van der Waals surface area contributed by atoms with E-state index in [-0.39, 0.29) is 11.8 Å². The van der Waals surface area contributed by atoms with Crippen molar-refractivity contribution in [3.63, 3.8) is 0 Å². The smallest absolute Gasteiger partial charge is 0.127 e.